The summed E-state index contributed by atoms with van der Waals surface area (Å²) >= 11 is 4.69. The van der Waals surface area contributed by atoms with Crippen LogP contribution in [-0.4, -0.2) is 30.4 Å². The summed E-state index contributed by atoms with van der Waals surface area (Å²) in [5.41, 5.74) is 2.86. The molecule has 30 heavy (non-hydrogen) atoms. The van der Waals surface area contributed by atoms with Crippen LogP contribution in [0.1, 0.15) is 43.0 Å². The summed E-state index contributed by atoms with van der Waals surface area (Å²) in [6.07, 6.45) is 2.07. The van der Waals surface area contributed by atoms with Gasteiger partial charge in [0.15, 0.2) is 0 Å². The lowest BCUT2D eigenvalue weighted by molar-refractivity contribution is -0.119. The molecular weight excluding hydrogens is 406 g/mol. The van der Waals surface area contributed by atoms with Crippen LogP contribution in [0.15, 0.2) is 36.4 Å². The van der Waals surface area contributed by atoms with Gasteiger partial charge in [-0.15, -0.1) is 0 Å². The predicted molar refractivity (Wildman–Crippen MR) is 117 cm³/mol. The Labute approximate surface area is 181 Å². The molecule has 1 aliphatic rings. The monoisotopic (exact) mass is 434 g/mol. The molecule has 7 heteroatoms. The van der Waals surface area contributed by atoms with Crippen molar-refractivity contribution in [2.24, 2.45) is 0 Å². The number of thiol groups is 1. The van der Waals surface area contributed by atoms with Crippen molar-refractivity contribution in [1.29, 1.82) is 0 Å². The van der Waals surface area contributed by atoms with Gasteiger partial charge in [0.1, 0.15) is 17.4 Å². The molecule has 0 aromatic heterocycles. The van der Waals surface area contributed by atoms with Crippen LogP contribution in [0.25, 0.3) is 0 Å². The molecule has 0 radical (unpaired) electrons. The van der Waals surface area contributed by atoms with E-state index >= 15 is 0 Å². The molecule has 1 heterocycles. The third kappa shape index (κ3) is 5.95. The van der Waals surface area contributed by atoms with E-state index in [-0.39, 0.29) is 29.7 Å². The average molecular weight is 435 g/mol. The molecule has 1 aliphatic heterocycles. The molecule has 0 bridgehead atoms. The van der Waals surface area contributed by atoms with E-state index in [1.165, 1.54) is 24.6 Å². The van der Waals surface area contributed by atoms with Gasteiger partial charge in [-0.3, -0.25) is 4.79 Å². The Morgan fingerprint density at radius 3 is 2.60 bits per heavy atom. The van der Waals surface area contributed by atoms with Crippen LogP contribution in [0.3, 0.4) is 0 Å². The molecule has 0 aliphatic carbocycles. The maximum Gasteiger partial charge on any atom is 0.217 e. The number of carbonyl (C=O) groups excluding carboxylic acids is 1. The number of carbonyl (C=O) groups is 1. The SMILES string of the molecule is CCc1ccc2c(c1)[C@@H](NC[C@@H](S)[C@H](Cc1cc(F)cc(F)c1)NC(C)=O)CCO2. The third-order valence-corrected chi connectivity index (χ3v) is 5.87. The van der Waals surface area contributed by atoms with Crippen molar-refractivity contribution in [3.05, 3.63) is 64.7 Å². The van der Waals surface area contributed by atoms with Gasteiger partial charge >= 0.3 is 0 Å². The molecule has 0 saturated carbocycles. The molecule has 2 aromatic rings. The van der Waals surface area contributed by atoms with E-state index < -0.39 is 11.6 Å². The molecular formula is C23H28F2N2O2S. The van der Waals surface area contributed by atoms with E-state index in [0.29, 0.717) is 18.7 Å². The van der Waals surface area contributed by atoms with Crippen molar-refractivity contribution in [2.75, 3.05) is 13.2 Å². The van der Waals surface area contributed by atoms with Gasteiger partial charge in [0.2, 0.25) is 5.91 Å². The van der Waals surface area contributed by atoms with Crippen molar-refractivity contribution in [3.63, 3.8) is 0 Å². The summed E-state index contributed by atoms with van der Waals surface area (Å²) in [5, 5.41) is 6.15. The second-order valence-corrected chi connectivity index (χ2v) is 8.34. The number of aryl methyl sites for hydroxylation is 1. The highest BCUT2D eigenvalue weighted by molar-refractivity contribution is 7.81. The van der Waals surface area contributed by atoms with Crippen LogP contribution in [0, 0.1) is 11.6 Å². The lowest BCUT2D eigenvalue weighted by Gasteiger charge is -2.30. The van der Waals surface area contributed by atoms with Crippen LogP contribution in [0.4, 0.5) is 8.78 Å². The van der Waals surface area contributed by atoms with Gasteiger partial charge in [0, 0.05) is 48.9 Å². The minimum Gasteiger partial charge on any atom is -0.493 e. The Balaban J connectivity index is 1.69. The molecule has 3 rings (SSSR count). The maximum atomic E-state index is 13.6. The Kier molecular flexibility index (Phi) is 7.72. The second kappa shape index (κ2) is 10.3. The molecule has 2 aromatic carbocycles. The zero-order chi connectivity index (χ0) is 21.7. The Bertz CT molecular complexity index is 873. The second-order valence-electron chi connectivity index (χ2n) is 7.68. The van der Waals surface area contributed by atoms with Gasteiger partial charge < -0.3 is 15.4 Å². The van der Waals surface area contributed by atoms with E-state index in [2.05, 4.69) is 29.7 Å². The fraction of sp³-hybridized carbons (Fsp3) is 0.435. The van der Waals surface area contributed by atoms with Gasteiger partial charge in [-0.25, -0.2) is 8.78 Å². The van der Waals surface area contributed by atoms with Gasteiger partial charge in [-0.05, 0) is 42.2 Å². The van der Waals surface area contributed by atoms with Gasteiger partial charge in [-0.2, -0.15) is 12.6 Å². The standard InChI is InChI=1S/C23H28F2N2O2S/c1-3-15-4-5-22-19(10-15)20(6-7-29-22)26-13-23(30)21(27-14(2)28)11-16-8-17(24)12-18(25)9-16/h4-5,8-10,12,20-21,23,26,30H,3,6-7,11,13H2,1-2H3,(H,27,28)/t20-,21-,23+/m0/s1. The number of hydrogen-bond acceptors (Lipinski definition) is 4. The van der Waals surface area contributed by atoms with Crippen molar-refractivity contribution < 1.29 is 18.3 Å². The third-order valence-electron chi connectivity index (χ3n) is 5.33. The number of fused-ring (bicyclic) bond motifs is 1. The number of nitrogens with one attached hydrogen (secondary N) is 2. The van der Waals surface area contributed by atoms with Crippen molar-refractivity contribution >= 4 is 18.5 Å². The summed E-state index contributed by atoms with van der Waals surface area (Å²) < 4.78 is 32.9. The zero-order valence-electron chi connectivity index (χ0n) is 17.3. The normalized spacial score (nSPS) is 17.6. The minimum absolute atomic E-state index is 0.125. The Morgan fingerprint density at radius 1 is 1.20 bits per heavy atom. The largest absolute Gasteiger partial charge is 0.493 e. The first-order valence-corrected chi connectivity index (χ1v) is 10.8. The molecule has 2 N–H and O–H groups in total. The average Bonchev–Trinajstić information content (AvgIpc) is 2.70. The van der Waals surface area contributed by atoms with Crippen molar-refractivity contribution in [1.82, 2.24) is 10.6 Å². The zero-order valence-corrected chi connectivity index (χ0v) is 18.1. The minimum atomic E-state index is -0.633. The number of halogens is 2. The van der Waals surface area contributed by atoms with E-state index in [9.17, 15) is 13.6 Å². The number of amides is 1. The quantitative estimate of drug-likeness (QED) is 0.551. The van der Waals surface area contributed by atoms with Crippen LogP contribution >= 0.6 is 12.6 Å². The van der Waals surface area contributed by atoms with E-state index in [1.54, 1.807) is 0 Å². The summed E-state index contributed by atoms with van der Waals surface area (Å²) in [4.78, 5) is 11.7. The summed E-state index contributed by atoms with van der Waals surface area (Å²) in [5.74, 6) is -0.586. The lowest BCUT2D eigenvalue weighted by atomic mass is 9.96. The molecule has 0 unspecified atom stereocenters. The molecule has 162 valence electrons. The predicted octanol–water partition coefficient (Wildman–Crippen LogP) is 3.99. The fourth-order valence-corrected chi connectivity index (χ4v) is 4.09. The summed E-state index contributed by atoms with van der Waals surface area (Å²) in [6.45, 7) is 4.69. The van der Waals surface area contributed by atoms with Crippen molar-refractivity contribution in [3.8, 4) is 5.75 Å². The van der Waals surface area contributed by atoms with Crippen LogP contribution in [0.5, 0.6) is 5.75 Å². The van der Waals surface area contributed by atoms with E-state index in [1.807, 2.05) is 6.07 Å². The number of ether oxygens (including phenoxy) is 1. The molecule has 1 amide bonds. The van der Waals surface area contributed by atoms with Gasteiger partial charge in [0.25, 0.3) is 0 Å². The number of benzene rings is 2. The molecule has 4 nitrogen and oxygen atoms in total. The van der Waals surface area contributed by atoms with Crippen LogP contribution in [0.2, 0.25) is 0 Å². The molecule has 0 fully saturated rings. The Hall–Kier alpha value is -2.12. The lowest BCUT2D eigenvalue weighted by Crippen LogP contribution is -2.46. The van der Waals surface area contributed by atoms with Crippen LogP contribution < -0.4 is 15.4 Å². The highest BCUT2D eigenvalue weighted by atomic mass is 32.1. The first-order valence-electron chi connectivity index (χ1n) is 10.2. The molecule has 0 saturated heterocycles. The first-order chi connectivity index (χ1) is 14.4. The smallest absolute Gasteiger partial charge is 0.217 e. The van der Waals surface area contributed by atoms with Crippen LogP contribution in [-0.2, 0) is 17.6 Å². The maximum absolute atomic E-state index is 13.6. The Morgan fingerprint density at radius 2 is 1.93 bits per heavy atom. The number of rotatable bonds is 8. The summed E-state index contributed by atoms with van der Waals surface area (Å²) in [6, 6.07) is 9.41. The topological polar surface area (TPSA) is 50.4 Å². The summed E-state index contributed by atoms with van der Waals surface area (Å²) in [7, 11) is 0. The highest BCUT2D eigenvalue weighted by Gasteiger charge is 2.25. The first kappa shape index (κ1) is 22.6. The number of hydrogen-bond donors (Lipinski definition) is 3. The fourth-order valence-electron chi connectivity index (χ4n) is 3.81. The van der Waals surface area contributed by atoms with Crippen molar-refractivity contribution in [2.45, 2.75) is 50.4 Å². The van der Waals surface area contributed by atoms with Gasteiger partial charge in [-0.1, -0.05) is 19.1 Å². The highest BCUT2D eigenvalue weighted by Crippen LogP contribution is 2.33. The van der Waals surface area contributed by atoms with E-state index in [4.69, 9.17) is 17.4 Å². The molecule has 3 atom stereocenters. The van der Waals surface area contributed by atoms with Gasteiger partial charge in [0.05, 0.1) is 6.61 Å². The molecule has 0 spiro atoms. The van der Waals surface area contributed by atoms with E-state index in [0.717, 1.165) is 30.2 Å².